The Morgan fingerprint density at radius 1 is 1.45 bits per heavy atom. The van der Waals surface area contributed by atoms with E-state index in [1.54, 1.807) is 0 Å². The summed E-state index contributed by atoms with van der Waals surface area (Å²) in [4.78, 5) is 15.3. The highest BCUT2D eigenvalue weighted by atomic mass is 32.2. The lowest BCUT2D eigenvalue weighted by Crippen LogP contribution is -2.30. The Hall–Kier alpha value is -0.990. The number of nitrogens with one attached hydrogen (secondary N) is 1. The molecule has 1 heterocycles. The first-order chi connectivity index (χ1) is 9.54. The zero-order valence-electron chi connectivity index (χ0n) is 11.3. The van der Waals surface area contributed by atoms with E-state index in [0.29, 0.717) is 12.5 Å². The molecule has 0 aliphatic heterocycles. The monoisotopic (exact) mass is 318 g/mol. The third kappa shape index (κ3) is 3.56. The highest BCUT2D eigenvalue weighted by Gasteiger charge is 2.27. The molecule has 20 heavy (non-hydrogen) atoms. The summed E-state index contributed by atoms with van der Waals surface area (Å²) in [5, 5.41) is 0. The van der Waals surface area contributed by atoms with Crippen LogP contribution in [0.1, 0.15) is 42.6 Å². The van der Waals surface area contributed by atoms with Crippen molar-refractivity contribution in [2.24, 2.45) is 5.92 Å². The third-order valence-corrected chi connectivity index (χ3v) is 6.24. The van der Waals surface area contributed by atoms with Crippen molar-refractivity contribution in [1.29, 1.82) is 0 Å². The second-order valence-corrected chi connectivity index (χ2v) is 7.65. The number of thiazole rings is 1. The molecule has 1 aliphatic carbocycles. The van der Waals surface area contributed by atoms with Gasteiger partial charge in [-0.15, -0.1) is 11.3 Å². The molecule has 0 saturated heterocycles. The van der Waals surface area contributed by atoms with Crippen LogP contribution in [-0.2, 0) is 14.8 Å². The van der Waals surface area contributed by atoms with Crippen LogP contribution in [0, 0.1) is 5.92 Å². The molecular formula is C12H18N2O4S2. The van der Waals surface area contributed by atoms with Gasteiger partial charge in [0.15, 0.2) is 9.90 Å². The van der Waals surface area contributed by atoms with E-state index in [2.05, 4.69) is 14.4 Å². The van der Waals surface area contributed by atoms with Gasteiger partial charge in [-0.2, -0.15) is 0 Å². The number of sulfonamides is 1. The van der Waals surface area contributed by atoms with Gasteiger partial charge in [0.25, 0.3) is 10.0 Å². The summed E-state index contributed by atoms with van der Waals surface area (Å²) in [5.74, 6) is -0.350. The number of carbonyl (C=O) groups excluding carboxylic acids is 1. The van der Waals surface area contributed by atoms with Crippen molar-refractivity contribution in [3.05, 3.63) is 11.2 Å². The van der Waals surface area contributed by atoms with Crippen molar-refractivity contribution in [1.82, 2.24) is 9.71 Å². The number of nitrogens with zero attached hydrogens (tertiary/aromatic N) is 1. The first kappa shape index (κ1) is 15.4. The molecule has 0 aromatic carbocycles. The minimum absolute atomic E-state index is 0.0693. The maximum Gasteiger partial charge on any atom is 0.358 e. The highest BCUT2D eigenvalue weighted by Crippen LogP contribution is 2.25. The van der Waals surface area contributed by atoms with Gasteiger partial charge in [-0.3, -0.25) is 0 Å². The third-order valence-electron chi connectivity index (χ3n) is 3.44. The quantitative estimate of drug-likeness (QED) is 0.837. The number of aromatic nitrogens is 1. The lowest BCUT2D eigenvalue weighted by Gasteiger charge is -2.21. The van der Waals surface area contributed by atoms with Crippen LogP contribution in [0.4, 0.5) is 0 Å². The van der Waals surface area contributed by atoms with Gasteiger partial charge in [0, 0.05) is 6.54 Å². The van der Waals surface area contributed by atoms with E-state index in [1.165, 1.54) is 19.0 Å². The lowest BCUT2D eigenvalue weighted by atomic mass is 9.90. The molecule has 0 radical (unpaired) electrons. The summed E-state index contributed by atoms with van der Waals surface area (Å²) in [5.41, 5.74) is 1.19. The van der Waals surface area contributed by atoms with E-state index in [0.717, 1.165) is 37.0 Å². The maximum atomic E-state index is 12.2. The standard InChI is InChI=1S/C12H18N2O4S2/c1-18-11(15)10-12(19-8-13-10)20(16,17)14-7-9-5-3-2-4-6-9/h8-9,14H,2-7H2,1H3. The molecule has 8 heteroatoms. The van der Waals surface area contributed by atoms with Crippen LogP contribution in [0.2, 0.25) is 0 Å². The van der Waals surface area contributed by atoms with Crippen molar-refractivity contribution in [2.45, 2.75) is 36.3 Å². The number of esters is 1. The summed E-state index contributed by atoms with van der Waals surface area (Å²) in [6, 6.07) is 0. The minimum Gasteiger partial charge on any atom is -0.464 e. The highest BCUT2D eigenvalue weighted by molar-refractivity contribution is 7.91. The van der Waals surface area contributed by atoms with Gasteiger partial charge in [0.2, 0.25) is 0 Å². The number of hydrogen-bond acceptors (Lipinski definition) is 6. The smallest absolute Gasteiger partial charge is 0.358 e. The molecule has 0 unspecified atom stereocenters. The van der Waals surface area contributed by atoms with E-state index in [9.17, 15) is 13.2 Å². The van der Waals surface area contributed by atoms with Crippen LogP contribution in [-0.4, -0.2) is 33.0 Å². The first-order valence-corrected chi connectivity index (χ1v) is 8.92. The molecule has 1 aromatic heterocycles. The van der Waals surface area contributed by atoms with Crippen molar-refractivity contribution < 1.29 is 17.9 Å². The van der Waals surface area contributed by atoms with Crippen LogP contribution in [0.15, 0.2) is 9.72 Å². The Morgan fingerprint density at radius 2 is 2.15 bits per heavy atom. The van der Waals surface area contributed by atoms with E-state index < -0.39 is 16.0 Å². The van der Waals surface area contributed by atoms with Gasteiger partial charge in [0.1, 0.15) is 0 Å². The largest absolute Gasteiger partial charge is 0.464 e. The minimum atomic E-state index is -3.70. The first-order valence-electron chi connectivity index (χ1n) is 6.56. The molecular weight excluding hydrogens is 300 g/mol. The topological polar surface area (TPSA) is 85.4 Å². The fourth-order valence-electron chi connectivity index (χ4n) is 2.34. The number of methoxy groups -OCH3 is 1. The molecule has 112 valence electrons. The van der Waals surface area contributed by atoms with Crippen LogP contribution < -0.4 is 4.72 Å². The van der Waals surface area contributed by atoms with Gasteiger partial charge >= 0.3 is 5.97 Å². The molecule has 6 nitrogen and oxygen atoms in total. The maximum absolute atomic E-state index is 12.2. The summed E-state index contributed by atoms with van der Waals surface area (Å²) in [7, 11) is -2.49. The molecule has 0 atom stereocenters. The van der Waals surface area contributed by atoms with Crippen molar-refractivity contribution >= 4 is 27.3 Å². The van der Waals surface area contributed by atoms with Crippen molar-refractivity contribution in [2.75, 3.05) is 13.7 Å². The van der Waals surface area contributed by atoms with Gasteiger partial charge in [0.05, 0.1) is 12.6 Å². The molecule has 1 N–H and O–H groups in total. The van der Waals surface area contributed by atoms with Gasteiger partial charge in [-0.25, -0.2) is 22.9 Å². The average Bonchev–Trinajstić information content (AvgIpc) is 2.96. The lowest BCUT2D eigenvalue weighted by molar-refractivity contribution is 0.0590. The molecule has 0 spiro atoms. The Morgan fingerprint density at radius 3 is 2.80 bits per heavy atom. The average molecular weight is 318 g/mol. The second kappa shape index (κ2) is 6.64. The van der Waals surface area contributed by atoms with E-state index in [4.69, 9.17) is 0 Å². The molecule has 2 rings (SSSR count). The fourth-order valence-corrected chi connectivity index (χ4v) is 4.63. The van der Waals surface area contributed by atoms with Crippen molar-refractivity contribution in [3.63, 3.8) is 0 Å². The molecule has 1 aliphatic rings. The molecule has 0 amide bonds. The van der Waals surface area contributed by atoms with Crippen LogP contribution in [0.5, 0.6) is 0 Å². The number of rotatable bonds is 5. The van der Waals surface area contributed by atoms with Gasteiger partial charge in [-0.1, -0.05) is 19.3 Å². The predicted molar refractivity (Wildman–Crippen MR) is 75.2 cm³/mol. The number of ether oxygens (including phenoxy) is 1. The Bertz CT molecular complexity index is 562. The molecule has 0 bridgehead atoms. The van der Waals surface area contributed by atoms with Crippen LogP contribution in [0.25, 0.3) is 0 Å². The Balaban J connectivity index is 2.06. The van der Waals surface area contributed by atoms with E-state index in [-0.39, 0.29) is 9.90 Å². The van der Waals surface area contributed by atoms with Gasteiger partial charge < -0.3 is 4.74 Å². The summed E-state index contributed by atoms with van der Waals surface area (Å²) >= 11 is 0.924. The van der Waals surface area contributed by atoms with E-state index >= 15 is 0 Å². The number of hydrogen-bond donors (Lipinski definition) is 1. The molecule has 1 aromatic rings. The van der Waals surface area contributed by atoms with Crippen molar-refractivity contribution in [3.8, 4) is 0 Å². The summed E-state index contributed by atoms with van der Waals surface area (Å²) in [6.45, 7) is 0.418. The normalized spacial score (nSPS) is 17.1. The van der Waals surface area contributed by atoms with Crippen LogP contribution >= 0.6 is 11.3 Å². The molecule has 1 fully saturated rings. The summed E-state index contributed by atoms with van der Waals surface area (Å²) in [6.07, 6.45) is 5.63. The van der Waals surface area contributed by atoms with Gasteiger partial charge in [-0.05, 0) is 18.8 Å². The van der Waals surface area contributed by atoms with E-state index in [1.807, 2.05) is 0 Å². The Kier molecular flexibility index (Phi) is 5.11. The number of carbonyl (C=O) groups is 1. The fraction of sp³-hybridized carbons (Fsp3) is 0.667. The summed E-state index contributed by atoms with van der Waals surface area (Å²) < 4.78 is 31.5. The SMILES string of the molecule is COC(=O)c1ncsc1S(=O)(=O)NCC1CCCCC1. The predicted octanol–water partition coefficient (Wildman–Crippen LogP) is 1.79. The zero-order valence-corrected chi connectivity index (χ0v) is 12.9. The molecule has 1 saturated carbocycles. The Labute approximate surface area is 122 Å². The zero-order chi connectivity index (χ0) is 14.6. The second-order valence-electron chi connectivity index (χ2n) is 4.84. The van der Waals surface area contributed by atoms with Crippen LogP contribution in [0.3, 0.4) is 0 Å².